The number of aliphatic hydroxyl groups is 1. The number of piperazine rings is 1. The first kappa shape index (κ1) is 19.9. The van der Waals surface area contributed by atoms with Crippen molar-refractivity contribution < 1.29 is 19.1 Å². The third-order valence-corrected chi connectivity index (χ3v) is 5.22. The van der Waals surface area contributed by atoms with Gasteiger partial charge in [-0.2, -0.15) is 0 Å². The Labute approximate surface area is 159 Å². The zero-order chi connectivity index (χ0) is 19.4. The predicted octanol–water partition coefficient (Wildman–Crippen LogP) is 0.108. The molecule has 3 rings (SSSR count). The smallest absolute Gasteiger partial charge is 0.237 e. The van der Waals surface area contributed by atoms with Gasteiger partial charge in [-0.1, -0.05) is 0 Å². The lowest BCUT2D eigenvalue weighted by Gasteiger charge is -2.37. The second-order valence-corrected chi connectivity index (χ2v) is 7.71. The van der Waals surface area contributed by atoms with Crippen molar-refractivity contribution in [1.29, 1.82) is 0 Å². The molecular formula is C19H30N4O4. The maximum atomic E-state index is 12.3. The minimum Gasteiger partial charge on any atom is -0.462 e. The third-order valence-electron chi connectivity index (χ3n) is 5.22. The van der Waals surface area contributed by atoms with Crippen LogP contribution in [0.3, 0.4) is 0 Å². The molecular weight excluding hydrogens is 348 g/mol. The largest absolute Gasteiger partial charge is 0.462 e. The molecule has 1 aromatic heterocycles. The zero-order valence-corrected chi connectivity index (χ0v) is 16.0. The van der Waals surface area contributed by atoms with Gasteiger partial charge in [0.25, 0.3) is 0 Å². The third kappa shape index (κ3) is 5.09. The summed E-state index contributed by atoms with van der Waals surface area (Å²) in [5.74, 6) is 1.46. The number of nitrogens with zero attached hydrogens (tertiary/aromatic N) is 1. The molecule has 2 saturated heterocycles. The van der Waals surface area contributed by atoms with Gasteiger partial charge in [0.15, 0.2) is 0 Å². The Morgan fingerprint density at radius 1 is 1.41 bits per heavy atom. The lowest BCUT2D eigenvalue weighted by Crippen LogP contribution is -2.58. The fourth-order valence-corrected chi connectivity index (χ4v) is 3.93. The second-order valence-electron chi connectivity index (χ2n) is 7.71. The van der Waals surface area contributed by atoms with Crippen LogP contribution in [-0.2, 0) is 22.7 Å². The topological polar surface area (TPSA) is 107 Å². The van der Waals surface area contributed by atoms with E-state index in [0.717, 1.165) is 25.1 Å². The molecule has 8 nitrogen and oxygen atoms in total. The number of carbonyl (C=O) groups is 2. The Balaban J connectivity index is 1.52. The van der Waals surface area contributed by atoms with Gasteiger partial charge < -0.3 is 25.5 Å². The monoisotopic (exact) mass is 378 g/mol. The quantitative estimate of drug-likeness (QED) is 0.511. The van der Waals surface area contributed by atoms with Crippen LogP contribution in [0, 0.1) is 0 Å². The van der Waals surface area contributed by atoms with E-state index in [1.165, 1.54) is 0 Å². The van der Waals surface area contributed by atoms with E-state index >= 15 is 0 Å². The van der Waals surface area contributed by atoms with Crippen LogP contribution >= 0.6 is 0 Å². The van der Waals surface area contributed by atoms with Crippen LogP contribution in [0.25, 0.3) is 0 Å². The van der Waals surface area contributed by atoms with Crippen molar-refractivity contribution in [3.63, 3.8) is 0 Å². The molecule has 3 heterocycles. The fourth-order valence-electron chi connectivity index (χ4n) is 3.93. The highest BCUT2D eigenvalue weighted by Crippen LogP contribution is 2.26. The van der Waals surface area contributed by atoms with Crippen molar-refractivity contribution in [3.8, 4) is 0 Å². The summed E-state index contributed by atoms with van der Waals surface area (Å²) in [6.07, 6.45) is 1.95. The minimum atomic E-state index is -0.140. The highest BCUT2D eigenvalue weighted by atomic mass is 16.4. The van der Waals surface area contributed by atoms with E-state index in [9.17, 15) is 9.59 Å². The number of hydrogen-bond acceptors (Lipinski definition) is 6. The number of rotatable bonds is 8. The Kier molecular flexibility index (Phi) is 6.51. The molecule has 0 spiro atoms. The standard InChI is InChI=1S/C19H30N4O4/c1-12(2)22-18(25)6-3-14-8-21-19(26)17-7-13(10-23(14)17)20-9-15-4-5-16(11-24)27-15/h4-5,12-14,17,20,24H,3,6-11H2,1-2H3,(H,21,26)(H,22,25)/t13-,14-,17+/m0/s1. The molecule has 2 amide bonds. The van der Waals surface area contributed by atoms with Crippen molar-refractivity contribution in [3.05, 3.63) is 23.7 Å². The number of furan rings is 1. The summed E-state index contributed by atoms with van der Waals surface area (Å²) in [6.45, 7) is 5.74. The SMILES string of the molecule is CC(C)NC(=O)CC[C@H]1CNC(=O)[C@H]2C[C@H](NCc3ccc(CO)o3)CN12. The molecule has 0 radical (unpaired) electrons. The normalized spacial score (nSPS) is 25.5. The predicted molar refractivity (Wildman–Crippen MR) is 99.7 cm³/mol. The van der Waals surface area contributed by atoms with Crippen molar-refractivity contribution in [1.82, 2.24) is 20.9 Å². The summed E-state index contributed by atoms with van der Waals surface area (Å²) in [6, 6.07) is 3.99. The number of amides is 2. The Morgan fingerprint density at radius 3 is 2.89 bits per heavy atom. The molecule has 1 aromatic rings. The minimum absolute atomic E-state index is 0.0600. The highest BCUT2D eigenvalue weighted by molar-refractivity contribution is 5.83. The van der Waals surface area contributed by atoms with Gasteiger partial charge >= 0.3 is 0 Å². The first-order valence-corrected chi connectivity index (χ1v) is 9.71. The van der Waals surface area contributed by atoms with E-state index in [1.807, 2.05) is 19.9 Å². The molecule has 150 valence electrons. The number of nitrogens with one attached hydrogen (secondary N) is 3. The summed E-state index contributed by atoms with van der Waals surface area (Å²) in [4.78, 5) is 26.4. The molecule has 4 N–H and O–H groups in total. The van der Waals surface area contributed by atoms with E-state index in [1.54, 1.807) is 6.07 Å². The Hall–Kier alpha value is -1.90. The zero-order valence-electron chi connectivity index (χ0n) is 16.0. The Morgan fingerprint density at radius 2 is 2.19 bits per heavy atom. The van der Waals surface area contributed by atoms with Gasteiger partial charge in [0, 0.05) is 37.6 Å². The van der Waals surface area contributed by atoms with Gasteiger partial charge in [0.05, 0.1) is 12.6 Å². The van der Waals surface area contributed by atoms with Gasteiger partial charge in [-0.15, -0.1) is 0 Å². The van der Waals surface area contributed by atoms with E-state index in [4.69, 9.17) is 9.52 Å². The molecule has 0 aliphatic carbocycles. The summed E-state index contributed by atoms with van der Waals surface area (Å²) in [7, 11) is 0. The number of fused-ring (bicyclic) bond motifs is 1. The van der Waals surface area contributed by atoms with Crippen molar-refractivity contribution in [2.45, 2.75) is 70.4 Å². The van der Waals surface area contributed by atoms with Gasteiger partial charge in [0.1, 0.15) is 18.1 Å². The van der Waals surface area contributed by atoms with E-state index in [2.05, 4.69) is 20.9 Å². The van der Waals surface area contributed by atoms with Crippen LogP contribution in [0.15, 0.2) is 16.5 Å². The lowest BCUT2D eigenvalue weighted by molar-refractivity contribution is -0.129. The first-order chi connectivity index (χ1) is 13.0. The van der Waals surface area contributed by atoms with Gasteiger partial charge in [-0.3, -0.25) is 14.5 Å². The van der Waals surface area contributed by atoms with Crippen LogP contribution in [0.5, 0.6) is 0 Å². The van der Waals surface area contributed by atoms with Crippen LogP contribution in [0.2, 0.25) is 0 Å². The van der Waals surface area contributed by atoms with Gasteiger partial charge in [0.2, 0.25) is 11.8 Å². The molecule has 0 unspecified atom stereocenters. The fraction of sp³-hybridized carbons (Fsp3) is 0.684. The van der Waals surface area contributed by atoms with Crippen LogP contribution < -0.4 is 16.0 Å². The average Bonchev–Trinajstić information content (AvgIpc) is 3.26. The number of aliphatic hydroxyl groups excluding tert-OH is 1. The molecule has 0 aromatic carbocycles. The molecule has 2 aliphatic rings. The molecule has 27 heavy (non-hydrogen) atoms. The second kappa shape index (κ2) is 8.86. The Bertz CT molecular complexity index is 660. The van der Waals surface area contributed by atoms with E-state index < -0.39 is 0 Å². The first-order valence-electron chi connectivity index (χ1n) is 9.71. The highest BCUT2D eigenvalue weighted by Gasteiger charge is 2.43. The molecule has 8 heteroatoms. The van der Waals surface area contributed by atoms with E-state index in [-0.39, 0.29) is 42.6 Å². The molecule has 0 saturated carbocycles. The molecule has 2 aliphatic heterocycles. The molecule has 3 atom stereocenters. The lowest BCUT2D eigenvalue weighted by atomic mass is 10.0. The summed E-state index contributed by atoms with van der Waals surface area (Å²) in [5, 5.41) is 18.4. The summed E-state index contributed by atoms with van der Waals surface area (Å²) < 4.78 is 5.50. The maximum absolute atomic E-state index is 12.3. The van der Waals surface area contributed by atoms with Crippen LogP contribution in [0.1, 0.15) is 44.6 Å². The summed E-state index contributed by atoms with van der Waals surface area (Å²) >= 11 is 0. The van der Waals surface area contributed by atoms with E-state index in [0.29, 0.717) is 25.3 Å². The van der Waals surface area contributed by atoms with Gasteiger partial charge in [-0.05, 0) is 38.8 Å². The van der Waals surface area contributed by atoms with Crippen molar-refractivity contribution in [2.75, 3.05) is 13.1 Å². The van der Waals surface area contributed by atoms with Crippen molar-refractivity contribution >= 4 is 11.8 Å². The van der Waals surface area contributed by atoms with Crippen molar-refractivity contribution in [2.24, 2.45) is 0 Å². The van der Waals surface area contributed by atoms with Crippen LogP contribution in [-0.4, -0.2) is 59.1 Å². The summed E-state index contributed by atoms with van der Waals surface area (Å²) in [5.41, 5.74) is 0. The average molecular weight is 378 g/mol. The molecule has 2 fully saturated rings. The number of carbonyl (C=O) groups excluding carboxylic acids is 2. The van der Waals surface area contributed by atoms with Crippen LogP contribution in [0.4, 0.5) is 0 Å². The molecule has 0 bridgehead atoms. The number of hydrogen-bond donors (Lipinski definition) is 4. The maximum Gasteiger partial charge on any atom is 0.237 e. The van der Waals surface area contributed by atoms with Gasteiger partial charge in [-0.25, -0.2) is 0 Å².